The third-order valence-corrected chi connectivity index (χ3v) is 2.75. The SMILES string of the molecule is NCCSCC(=O)NOCc1ccccc1. The number of hydroxylamine groups is 1. The molecule has 1 amide bonds. The molecule has 1 rings (SSSR count). The van der Waals surface area contributed by atoms with Gasteiger partial charge in [-0.15, -0.1) is 0 Å². The van der Waals surface area contributed by atoms with Gasteiger partial charge in [-0.25, -0.2) is 5.48 Å². The maximum absolute atomic E-state index is 11.2. The van der Waals surface area contributed by atoms with Gasteiger partial charge in [0, 0.05) is 12.3 Å². The van der Waals surface area contributed by atoms with Crippen molar-refractivity contribution in [3.05, 3.63) is 35.9 Å². The van der Waals surface area contributed by atoms with Crippen LogP contribution in [0.5, 0.6) is 0 Å². The van der Waals surface area contributed by atoms with Crippen LogP contribution in [-0.2, 0) is 16.2 Å². The molecule has 0 saturated carbocycles. The summed E-state index contributed by atoms with van der Waals surface area (Å²) in [5.74, 6) is 1.03. The minimum Gasteiger partial charge on any atom is -0.330 e. The molecule has 0 spiro atoms. The largest absolute Gasteiger partial charge is 0.330 e. The standard InChI is InChI=1S/C11H16N2O2S/c12-6-7-16-9-11(14)13-15-8-10-4-2-1-3-5-10/h1-5H,6-9,12H2,(H,13,14). The fraction of sp³-hybridized carbons (Fsp3) is 0.364. The lowest BCUT2D eigenvalue weighted by molar-refractivity contribution is -0.131. The summed E-state index contributed by atoms with van der Waals surface area (Å²) in [6.45, 7) is 0.969. The molecule has 0 bridgehead atoms. The van der Waals surface area contributed by atoms with Crippen molar-refractivity contribution in [2.24, 2.45) is 5.73 Å². The van der Waals surface area contributed by atoms with Crippen LogP contribution in [0.3, 0.4) is 0 Å². The highest BCUT2D eigenvalue weighted by Crippen LogP contribution is 2.00. The molecule has 16 heavy (non-hydrogen) atoms. The Kier molecular flexibility index (Phi) is 6.64. The van der Waals surface area contributed by atoms with Crippen LogP contribution in [-0.4, -0.2) is 24.0 Å². The minimum atomic E-state index is -0.130. The first-order valence-corrected chi connectivity index (χ1v) is 6.21. The summed E-state index contributed by atoms with van der Waals surface area (Å²) in [4.78, 5) is 16.3. The molecule has 4 nitrogen and oxygen atoms in total. The Bertz CT molecular complexity index is 306. The van der Waals surface area contributed by atoms with Crippen LogP contribution in [0.2, 0.25) is 0 Å². The smallest absolute Gasteiger partial charge is 0.253 e. The number of nitrogens with two attached hydrogens (primary N) is 1. The monoisotopic (exact) mass is 240 g/mol. The molecule has 3 N–H and O–H groups in total. The van der Waals surface area contributed by atoms with E-state index < -0.39 is 0 Å². The van der Waals surface area contributed by atoms with Crippen molar-refractivity contribution in [3.63, 3.8) is 0 Å². The fourth-order valence-corrected chi connectivity index (χ4v) is 1.61. The summed E-state index contributed by atoms with van der Waals surface area (Å²) in [6, 6.07) is 9.67. The molecule has 0 aliphatic heterocycles. The van der Waals surface area contributed by atoms with Gasteiger partial charge in [0.15, 0.2) is 0 Å². The van der Waals surface area contributed by atoms with Gasteiger partial charge in [0.2, 0.25) is 0 Å². The third kappa shape index (κ3) is 5.75. The summed E-state index contributed by atoms with van der Waals surface area (Å²) >= 11 is 1.49. The molecular weight excluding hydrogens is 224 g/mol. The first kappa shape index (κ1) is 13.0. The number of carbonyl (C=O) groups excluding carboxylic acids is 1. The topological polar surface area (TPSA) is 64.4 Å². The van der Waals surface area contributed by atoms with Crippen LogP contribution >= 0.6 is 11.8 Å². The zero-order valence-corrected chi connectivity index (χ0v) is 9.83. The van der Waals surface area contributed by atoms with E-state index >= 15 is 0 Å². The van der Waals surface area contributed by atoms with E-state index in [0.717, 1.165) is 11.3 Å². The molecule has 0 saturated heterocycles. The van der Waals surface area contributed by atoms with Crippen LogP contribution in [0.25, 0.3) is 0 Å². The van der Waals surface area contributed by atoms with Gasteiger partial charge in [-0.05, 0) is 5.56 Å². The predicted molar refractivity (Wildman–Crippen MR) is 65.8 cm³/mol. The number of carbonyl (C=O) groups is 1. The fourth-order valence-electron chi connectivity index (χ4n) is 1.05. The highest BCUT2D eigenvalue weighted by Gasteiger charge is 2.00. The molecule has 1 aromatic rings. The number of benzene rings is 1. The Labute approximate surface area is 99.5 Å². The van der Waals surface area contributed by atoms with E-state index in [1.807, 2.05) is 30.3 Å². The van der Waals surface area contributed by atoms with E-state index in [0.29, 0.717) is 18.9 Å². The van der Waals surface area contributed by atoms with Crippen LogP contribution in [0.4, 0.5) is 0 Å². The van der Waals surface area contributed by atoms with Gasteiger partial charge in [0.1, 0.15) is 0 Å². The molecule has 88 valence electrons. The third-order valence-electron chi connectivity index (χ3n) is 1.76. The molecule has 0 unspecified atom stereocenters. The zero-order valence-electron chi connectivity index (χ0n) is 9.02. The quantitative estimate of drug-likeness (QED) is 0.549. The lowest BCUT2D eigenvalue weighted by Gasteiger charge is -2.05. The number of nitrogens with one attached hydrogen (secondary N) is 1. The summed E-state index contributed by atoms with van der Waals surface area (Å²) in [5, 5.41) is 0. The van der Waals surface area contributed by atoms with Crippen molar-refractivity contribution >= 4 is 17.7 Å². The highest BCUT2D eigenvalue weighted by atomic mass is 32.2. The normalized spacial score (nSPS) is 10.1. The molecule has 0 radical (unpaired) electrons. The van der Waals surface area contributed by atoms with Gasteiger partial charge in [-0.3, -0.25) is 9.63 Å². The molecule has 0 aromatic heterocycles. The number of hydrogen-bond donors (Lipinski definition) is 2. The van der Waals surface area contributed by atoms with Crippen LogP contribution < -0.4 is 11.2 Å². The lowest BCUT2D eigenvalue weighted by atomic mass is 10.2. The van der Waals surface area contributed by atoms with Gasteiger partial charge >= 0.3 is 0 Å². The zero-order chi connectivity index (χ0) is 11.6. The number of rotatable bonds is 7. The van der Waals surface area contributed by atoms with Crippen molar-refractivity contribution in [1.29, 1.82) is 0 Å². The maximum atomic E-state index is 11.2. The Hall–Kier alpha value is -1.04. The summed E-state index contributed by atoms with van der Waals surface area (Å²) < 4.78 is 0. The lowest BCUT2D eigenvalue weighted by Crippen LogP contribution is -2.25. The Morgan fingerprint density at radius 1 is 1.38 bits per heavy atom. The summed E-state index contributed by atoms with van der Waals surface area (Å²) in [7, 11) is 0. The van der Waals surface area contributed by atoms with E-state index in [9.17, 15) is 4.79 Å². The van der Waals surface area contributed by atoms with Crippen molar-refractivity contribution in [3.8, 4) is 0 Å². The van der Waals surface area contributed by atoms with Crippen LogP contribution in [0.1, 0.15) is 5.56 Å². The van der Waals surface area contributed by atoms with Crippen LogP contribution in [0, 0.1) is 0 Å². The van der Waals surface area contributed by atoms with Crippen molar-refractivity contribution < 1.29 is 9.63 Å². The molecular formula is C11H16N2O2S. The molecule has 0 aliphatic rings. The molecule has 0 heterocycles. The Morgan fingerprint density at radius 3 is 2.81 bits per heavy atom. The molecule has 1 aromatic carbocycles. The Balaban J connectivity index is 2.09. The van der Waals surface area contributed by atoms with Gasteiger partial charge in [-0.1, -0.05) is 30.3 Å². The van der Waals surface area contributed by atoms with E-state index in [4.69, 9.17) is 10.6 Å². The molecule has 0 fully saturated rings. The maximum Gasteiger partial charge on any atom is 0.253 e. The number of hydrogen-bond acceptors (Lipinski definition) is 4. The minimum absolute atomic E-state index is 0.130. The number of amides is 1. The predicted octanol–water partition coefficient (Wildman–Crippen LogP) is 0.926. The molecule has 0 atom stereocenters. The van der Waals surface area contributed by atoms with Gasteiger partial charge in [-0.2, -0.15) is 11.8 Å². The Morgan fingerprint density at radius 2 is 2.12 bits per heavy atom. The second-order valence-corrected chi connectivity index (χ2v) is 4.25. The molecule has 5 heteroatoms. The van der Waals surface area contributed by atoms with Crippen molar-refractivity contribution in [2.45, 2.75) is 6.61 Å². The van der Waals surface area contributed by atoms with Crippen molar-refractivity contribution in [2.75, 3.05) is 18.1 Å². The first-order chi connectivity index (χ1) is 7.83. The van der Waals surface area contributed by atoms with Crippen LogP contribution in [0.15, 0.2) is 30.3 Å². The van der Waals surface area contributed by atoms with E-state index in [1.54, 1.807) is 0 Å². The van der Waals surface area contributed by atoms with Gasteiger partial charge in [0.05, 0.1) is 12.4 Å². The second-order valence-electron chi connectivity index (χ2n) is 3.14. The average Bonchev–Trinajstić information content (AvgIpc) is 2.31. The highest BCUT2D eigenvalue weighted by molar-refractivity contribution is 7.99. The van der Waals surface area contributed by atoms with E-state index in [-0.39, 0.29) is 5.91 Å². The summed E-state index contributed by atoms with van der Waals surface area (Å²) in [6.07, 6.45) is 0. The van der Waals surface area contributed by atoms with Gasteiger partial charge < -0.3 is 5.73 Å². The molecule has 0 aliphatic carbocycles. The summed E-state index contributed by atoms with van der Waals surface area (Å²) in [5.41, 5.74) is 8.72. The average molecular weight is 240 g/mol. The number of thioether (sulfide) groups is 1. The van der Waals surface area contributed by atoms with E-state index in [1.165, 1.54) is 11.8 Å². The van der Waals surface area contributed by atoms with E-state index in [2.05, 4.69) is 5.48 Å². The van der Waals surface area contributed by atoms with Crippen molar-refractivity contribution in [1.82, 2.24) is 5.48 Å². The first-order valence-electron chi connectivity index (χ1n) is 5.05. The second kappa shape index (κ2) is 8.15. The van der Waals surface area contributed by atoms with Gasteiger partial charge in [0.25, 0.3) is 5.91 Å².